The zero-order valence-corrected chi connectivity index (χ0v) is 11.6. The molecule has 1 aliphatic rings. The Morgan fingerprint density at radius 3 is 2.56 bits per heavy atom. The monoisotopic (exact) mass is 268 g/mol. The molecule has 0 bridgehead atoms. The molecule has 0 spiro atoms. The van der Waals surface area contributed by atoms with Crippen molar-refractivity contribution in [3.05, 3.63) is 22.8 Å². The Morgan fingerprint density at radius 2 is 2.06 bits per heavy atom. The Hall–Kier alpha value is -1.29. The first kappa shape index (κ1) is 13.1. The lowest BCUT2D eigenvalue weighted by Gasteiger charge is -2.32. The minimum Gasteiger partial charge on any atom is -0.456 e. The van der Waals surface area contributed by atoms with Crippen molar-refractivity contribution in [3.63, 3.8) is 0 Å². The highest BCUT2D eigenvalue weighted by atomic mass is 35.5. The van der Waals surface area contributed by atoms with Gasteiger partial charge in [0.05, 0.1) is 5.56 Å². The Labute approximate surface area is 112 Å². The third kappa shape index (κ3) is 3.13. The van der Waals surface area contributed by atoms with Gasteiger partial charge in [0.1, 0.15) is 16.6 Å². The second-order valence-electron chi connectivity index (χ2n) is 5.38. The molecule has 18 heavy (non-hydrogen) atoms. The number of esters is 1. The van der Waals surface area contributed by atoms with E-state index in [1.165, 1.54) is 0 Å². The van der Waals surface area contributed by atoms with Gasteiger partial charge >= 0.3 is 5.97 Å². The second kappa shape index (κ2) is 4.76. The summed E-state index contributed by atoms with van der Waals surface area (Å²) in [5.41, 5.74) is -0.0594. The van der Waals surface area contributed by atoms with Gasteiger partial charge in [-0.3, -0.25) is 0 Å². The number of ether oxygens (including phenoxy) is 1. The fraction of sp³-hybridized carbons (Fsp3) is 0.538. The van der Waals surface area contributed by atoms with Crippen LogP contribution < -0.4 is 4.90 Å². The van der Waals surface area contributed by atoms with Gasteiger partial charge in [-0.2, -0.15) is 0 Å². The summed E-state index contributed by atoms with van der Waals surface area (Å²) in [7, 11) is 0. The van der Waals surface area contributed by atoms with Gasteiger partial charge in [0.15, 0.2) is 0 Å². The number of nitrogens with zero attached hydrogens (tertiary/aromatic N) is 2. The maximum absolute atomic E-state index is 12.0. The van der Waals surface area contributed by atoms with E-state index in [1.54, 1.807) is 12.1 Å². The van der Waals surface area contributed by atoms with Crippen molar-refractivity contribution in [1.82, 2.24) is 4.98 Å². The number of pyridine rings is 1. The smallest absolute Gasteiger partial charge is 0.338 e. The minimum atomic E-state index is -0.510. The Morgan fingerprint density at radius 1 is 1.39 bits per heavy atom. The molecule has 98 valence electrons. The number of carbonyl (C=O) groups is 1. The first-order valence-electron chi connectivity index (χ1n) is 6.01. The van der Waals surface area contributed by atoms with Crippen LogP contribution in [0.25, 0.3) is 0 Å². The van der Waals surface area contributed by atoms with Gasteiger partial charge in [0, 0.05) is 13.1 Å². The lowest BCUT2D eigenvalue weighted by Crippen LogP contribution is -2.37. The Bertz CT molecular complexity index is 465. The van der Waals surface area contributed by atoms with Gasteiger partial charge in [-0.05, 0) is 39.3 Å². The van der Waals surface area contributed by atoms with E-state index in [-0.39, 0.29) is 5.97 Å². The van der Waals surface area contributed by atoms with E-state index in [1.807, 2.05) is 20.8 Å². The third-order valence-corrected chi connectivity index (χ3v) is 2.79. The van der Waals surface area contributed by atoms with Crippen LogP contribution in [0.15, 0.2) is 12.1 Å². The van der Waals surface area contributed by atoms with E-state index < -0.39 is 5.60 Å². The number of hydrogen-bond donors (Lipinski definition) is 0. The summed E-state index contributed by atoms with van der Waals surface area (Å²) in [5.74, 6) is 0.378. The molecule has 1 aromatic heterocycles. The molecule has 2 heterocycles. The van der Waals surface area contributed by atoms with Crippen LogP contribution >= 0.6 is 11.6 Å². The minimum absolute atomic E-state index is 0.320. The standard InChI is InChI=1S/C13H17ClN2O2/c1-13(2,3)18-12(17)9-7-10(14)15-11(8-9)16-5-4-6-16/h7-8H,4-6H2,1-3H3. The highest BCUT2D eigenvalue weighted by molar-refractivity contribution is 6.29. The van der Waals surface area contributed by atoms with E-state index >= 15 is 0 Å². The zero-order chi connectivity index (χ0) is 13.3. The fourth-order valence-electron chi connectivity index (χ4n) is 1.65. The summed E-state index contributed by atoms with van der Waals surface area (Å²) < 4.78 is 5.32. The molecule has 1 aromatic rings. The van der Waals surface area contributed by atoms with Crippen molar-refractivity contribution in [1.29, 1.82) is 0 Å². The summed E-state index contributed by atoms with van der Waals surface area (Å²) in [6.45, 7) is 7.43. The molecule has 0 N–H and O–H groups in total. The molecule has 0 saturated carbocycles. The normalized spacial score (nSPS) is 15.2. The van der Waals surface area contributed by atoms with Gasteiger partial charge in [0.25, 0.3) is 0 Å². The van der Waals surface area contributed by atoms with Gasteiger partial charge in [-0.15, -0.1) is 0 Å². The van der Waals surface area contributed by atoms with Crippen molar-refractivity contribution in [3.8, 4) is 0 Å². The van der Waals surface area contributed by atoms with Crippen molar-refractivity contribution >= 4 is 23.4 Å². The third-order valence-electron chi connectivity index (χ3n) is 2.60. The summed E-state index contributed by atoms with van der Waals surface area (Å²) in [6.07, 6.45) is 1.15. The van der Waals surface area contributed by atoms with Crippen LogP contribution in [0.1, 0.15) is 37.6 Å². The number of aromatic nitrogens is 1. The number of anilines is 1. The lowest BCUT2D eigenvalue weighted by atomic mass is 10.1. The topological polar surface area (TPSA) is 42.4 Å². The largest absolute Gasteiger partial charge is 0.456 e. The first-order chi connectivity index (χ1) is 8.35. The summed E-state index contributed by atoms with van der Waals surface area (Å²) >= 11 is 5.94. The molecule has 0 unspecified atom stereocenters. The predicted molar refractivity (Wildman–Crippen MR) is 71.2 cm³/mol. The van der Waals surface area contributed by atoms with Crippen molar-refractivity contribution < 1.29 is 9.53 Å². The van der Waals surface area contributed by atoms with E-state index in [4.69, 9.17) is 16.3 Å². The van der Waals surface area contributed by atoms with Gasteiger partial charge in [0.2, 0.25) is 0 Å². The molecule has 0 amide bonds. The molecule has 4 nitrogen and oxygen atoms in total. The molecular weight excluding hydrogens is 252 g/mol. The highest BCUT2D eigenvalue weighted by Crippen LogP contribution is 2.23. The molecular formula is C13H17ClN2O2. The molecule has 0 aromatic carbocycles. The summed E-state index contributed by atoms with van der Waals surface area (Å²) in [5, 5.41) is 0.320. The van der Waals surface area contributed by atoms with Gasteiger partial charge < -0.3 is 9.64 Å². The van der Waals surface area contributed by atoms with Crippen LogP contribution in [-0.4, -0.2) is 29.6 Å². The molecule has 1 fully saturated rings. The van der Waals surface area contributed by atoms with Gasteiger partial charge in [-0.25, -0.2) is 9.78 Å². The first-order valence-corrected chi connectivity index (χ1v) is 6.39. The highest BCUT2D eigenvalue weighted by Gasteiger charge is 2.22. The Balaban J connectivity index is 2.22. The Kier molecular flexibility index (Phi) is 3.48. The maximum atomic E-state index is 12.0. The number of hydrogen-bond acceptors (Lipinski definition) is 4. The van der Waals surface area contributed by atoms with E-state index in [2.05, 4.69) is 9.88 Å². The van der Waals surface area contributed by atoms with E-state index in [0.717, 1.165) is 25.3 Å². The number of rotatable bonds is 2. The summed E-state index contributed by atoms with van der Waals surface area (Å²) in [4.78, 5) is 18.3. The van der Waals surface area contributed by atoms with Crippen LogP contribution in [0.4, 0.5) is 5.82 Å². The second-order valence-corrected chi connectivity index (χ2v) is 5.77. The van der Waals surface area contributed by atoms with Crippen LogP contribution in [0.2, 0.25) is 5.15 Å². The molecule has 0 aliphatic carbocycles. The molecule has 1 saturated heterocycles. The SMILES string of the molecule is CC(C)(C)OC(=O)c1cc(Cl)nc(N2CCC2)c1. The van der Waals surface area contributed by atoms with Crippen LogP contribution in [-0.2, 0) is 4.74 Å². The predicted octanol–water partition coefficient (Wildman–Crippen LogP) is 2.90. The van der Waals surface area contributed by atoms with Crippen molar-refractivity contribution in [2.75, 3.05) is 18.0 Å². The maximum Gasteiger partial charge on any atom is 0.338 e. The van der Waals surface area contributed by atoms with Crippen molar-refractivity contribution in [2.45, 2.75) is 32.8 Å². The number of carbonyl (C=O) groups excluding carboxylic acids is 1. The average molecular weight is 269 g/mol. The summed E-state index contributed by atoms with van der Waals surface area (Å²) in [6, 6.07) is 3.28. The van der Waals surface area contributed by atoms with Crippen LogP contribution in [0, 0.1) is 0 Å². The molecule has 5 heteroatoms. The van der Waals surface area contributed by atoms with Crippen molar-refractivity contribution in [2.24, 2.45) is 0 Å². The fourth-order valence-corrected chi connectivity index (χ4v) is 1.85. The quantitative estimate of drug-likeness (QED) is 0.611. The van der Waals surface area contributed by atoms with Crippen LogP contribution in [0.5, 0.6) is 0 Å². The van der Waals surface area contributed by atoms with Gasteiger partial charge in [-0.1, -0.05) is 11.6 Å². The number of halogens is 1. The zero-order valence-electron chi connectivity index (χ0n) is 10.9. The molecule has 1 aliphatic heterocycles. The molecule has 2 rings (SSSR count). The molecule has 0 radical (unpaired) electrons. The molecule has 0 atom stereocenters. The van der Waals surface area contributed by atoms with E-state index in [0.29, 0.717) is 10.7 Å². The lowest BCUT2D eigenvalue weighted by molar-refractivity contribution is 0.00694. The average Bonchev–Trinajstić information content (AvgIpc) is 2.10. The van der Waals surface area contributed by atoms with E-state index in [9.17, 15) is 4.79 Å². The van der Waals surface area contributed by atoms with Crippen LogP contribution in [0.3, 0.4) is 0 Å².